The maximum atomic E-state index is 2.36. The minimum atomic E-state index is 0. The van der Waals surface area contributed by atoms with Gasteiger partial charge in [-0.2, -0.15) is 0 Å². The van der Waals surface area contributed by atoms with E-state index >= 15 is 0 Å². The van der Waals surface area contributed by atoms with Crippen LogP contribution < -0.4 is 56.9 Å². The third-order valence-corrected chi connectivity index (χ3v) is 3.80. The Morgan fingerprint density at radius 1 is 0.889 bits per heavy atom. The van der Waals surface area contributed by atoms with Crippen molar-refractivity contribution in [2.75, 3.05) is 41.3 Å². The van der Waals surface area contributed by atoms with Gasteiger partial charge >= 0.3 is 0 Å². The average molecular weight is 474 g/mol. The molecule has 2 nitrogen and oxygen atoms in total. The Balaban J connectivity index is 0.00000144. The molecule has 1 aromatic rings. The molecule has 0 spiro atoms. The quantitative estimate of drug-likeness (QED) is 0.311. The van der Waals surface area contributed by atoms with Gasteiger partial charge in [-0.3, -0.25) is 8.97 Å². The number of rotatable bonds is 2. The van der Waals surface area contributed by atoms with Crippen molar-refractivity contribution < 1.29 is 48.0 Å². The normalized spacial score (nSPS) is 17.8. The van der Waals surface area contributed by atoms with Gasteiger partial charge in [-0.05, 0) is 0 Å². The number of likely N-dealkylation sites (tertiary alicyclic amines) is 1. The molecule has 0 bridgehead atoms. The van der Waals surface area contributed by atoms with Crippen LogP contribution in [0.5, 0.6) is 0 Å². The van der Waals surface area contributed by atoms with Crippen molar-refractivity contribution in [1.82, 2.24) is 8.97 Å². The monoisotopic (exact) mass is 474 g/mol. The first-order valence-electron chi connectivity index (χ1n) is 6.19. The van der Waals surface area contributed by atoms with Crippen LogP contribution >= 0.6 is 0 Å². The van der Waals surface area contributed by atoms with Crippen LogP contribution in [0, 0.1) is 0 Å². The van der Waals surface area contributed by atoms with E-state index in [0.29, 0.717) is 0 Å². The van der Waals surface area contributed by atoms with Crippen molar-refractivity contribution in [3.63, 3.8) is 0 Å². The molecule has 0 radical (unpaired) electrons. The number of quaternary nitrogens is 2. The van der Waals surface area contributed by atoms with Gasteiger partial charge in [0.25, 0.3) is 0 Å². The van der Waals surface area contributed by atoms with Crippen molar-refractivity contribution in [3.8, 4) is 0 Å². The molecule has 18 heavy (non-hydrogen) atoms. The van der Waals surface area contributed by atoms with E-state index in [4.69, 9.17) is 0 Å². The Morgan fingerprint density at radius 3 is 1.72 bits per heavy atom. The highest BCUT2D eigenvalue weighted by atomic mass is 127. The lowest BCUT2D eigenvalue weighted by Gasteiger charge is -2.29. The number of hydrogen-bond donors (Lipinski definition) is 0. The molecule has 0 unspecified atom stereocenters. The largest absolute Gasteiger partial charge is 1.00 e. The maximum Gasteiger partial charge on any atom is 0.133 e. The van der Waals surface area contributed by atoms with Crippen LogP contribution in [0.25, 0.3) is 0 Å². The zero-order valence-electron chi connectivity index (χ0n) is 11.8. The molecule has 1 aliphatic heterocycles. The molecule has 1 heterocycles. The predicted octanol–water partition coefficient (Wildman–Crippen LogP) is -3.38. The minimum absolute atomic E-state index is 0. The van der Waals surface area contributed by atoms with Gasteiger partial charge in [-0.15, -0.1) is 0 Å². The molecule has 0 N–H and O–H groups in total. The first-order valence-corrected chi connectivity index (χ1v) is 6.19. The van der Waals surface area contributed by atoms with Crippen LogP contribution in [-0.2, 0) is 0 Å². The molecule has 0 saturated carbocycles. The second kappa shape index (κ2) is 6.85. The zero-order valence-corrected chi connectivity index (χ0v) is 16.1. The molecule has 0 aliphatic carbocycles. The summed E-state index contributed by atoms with van der Waals surface area (Å²) >= 11 is 0. The molecule has 0 atom stereocenters. The van der Waals surface area contributed by atoms with Gasteiger partial charge in [0, 0.05) is 37.1 Å². The van der Waals surface area contributed by atoms with Gasteiger partial charge in [0.1, 0.15) is 11.4 Å². The first kappa shape index (κ1) is 18.6. The second-order valence-corrected chi connectivity index (χ2v) is 6.08. The van der Waals surface area contributed by atoms with Crippen molar-refractivity contribution in [2.45, 2.75) is 12.8 Å². The molecule has 1 fully saturated rings. The summed E-state index contributed by atoms with van der Waals surface area (Å²) in [6.07, 6.45) is 2.74. The first-order chi connectivity index (χ1) is 7.42. The Bertz CT molecular complexity index is 362. The molecule has 1 aliphatic rings. The van der Waals surface area contributed by atoms with E-state index in [1.807, 2.05) is 0 Å². The number of hydrogen-bond acceptors (Lipinski definition) is 0. The van der Waals surface area contributed by atoms with Crippen LogP contribution in [0.1, 0.15) is 12.8 Å². The second-order valence-electron chi connectivity index (χ2n) is 6.08. The molecule has 2 rings (SSSR count). The summed E-state index contributed by atoms with van der Waals surface area (Å²) in [7, 11) is 8.98. The Hall–Kier alpha value is 0.600. The van der Waals surface area contributed by atoms with E-state index in [1.54, 1.807) is 0 Å². The summed E-state index contributed by atoms with van der Waals surface area (Å²) in [5, 5.41) is 0. The fourth-order valence-electron chi connectivity index (χ4n) is 2.55. The van der Waals surface area contributed by atoms with E-state index in [2.05, 4.69) is 52.5 Å². The fraction of sp³-hybridized carbons (Fsp3) is 0.571. The van der Waals surface area contributed by atoms with Crippen LogP contribution in [0.15, 0.2) is 24.3 Å². The van der Waals surface area contributed by atoms with E-state index in [9.17, 15) is 0 Å². The van der Waals surface area contributed by atoms with Gasteiger partial charge in [-0.25, -0.2) is 0 Å². The molecule has 4 heteroatoms. The van der Waals surface area contributed by atoms with Gasteiger partial charge in [0.15, 0.2) is 0 Å². The lowest BCUT2D eigenvalue weighted by atomic mass is 10.2. The van der Waals surface area contributed by atoms with Crippen molar-refractivity contribution in [3.05, 3.63) is 24.3 Å². The van der Waals surface area contributed by atoms with Gasteiger partial charge < -0.3 is 48.0 Å². The summed E-state index contributed by atoms with van der Waals surface area (Å²) < 4.78 is 2.02. The third kappa shape index (κ3) is 4.05. The molecule has 104 valence electrons. The van der Waals surface area contributed by atoms with E-state index in [1.165, 1.54) is 37.3 Å². The Kier molecular flexibility index (Phi) is 7.08. The fourth-order valence-corrected chi connectivity index (χ4v) is 2.55. The van der Waals surface area contributed by atoms with Crippen LogP contribution in [0.2, 0.25) is 0 Å². The molecule has 0 amide bonds. The number of nitrogens with zero attached hydrogens (tertiary/aromatic N) is 2. The highest BCUT2D eigenvalue weighted by Crippen LogP contribution is 2.29. The van der Waals surface area contributed by atoms with Crippen LogP contribution in [-0.4, -0.2) is 41.3 Å². The SMILES string of the molecule is C[N+](C)(C)c1ccc([N+]2(C)CCCC2)cc1.[I-].[I-]. The standard InChI is InChI=1S/C14H24N2.2HI/c1-15(2,3)13-7-9-14(10-8-13)16(4)11-5-6-12-16;;/h7-10H,5-6,11-12H2,1-4H3;2*1H/q+2;;/p-2. The lowest BCUT2D eigenvalue weighted by molar-refractivity contribution is -0.001000. The molecule has 1 saturated heterocycles. The van der Waals surface area contributed by atoms with E-state index in [-0.39, 0.29) is 48.0 Å². The summed E-state index contributed by atoms with van der Waals surface area (Å²) in [5.74, 6) is 0. The van der Waals surface area contributed by atoms with Gasteiger partial charge in [0.2, 0.25) is 0 Å². The molecule has 1 aromatic carbocycles. The molecule has 0 aromatic heterocycles. The Labute approximate surface area is 146 Å². The van der Waals surface area contributed by atoms with Crippen molar-refractivity contribution in [2.24, 2.45) is 0 Å². The number of benzene rings is 1. The highest BCUT2D eigenvalue weighted by molar-refractivity contribution is 5.52. The molecular weight excluding hydrogens is 450 g/mol. The lowest BCUT2D eigenvalue weighted by Crippen LogP contribution is -3.00. The predicted molar refractivity (Wildman–Crippen MR) is 72.7 cm³/mol. The highest BCUT2D eigenvalue weighted by Gasteiger charge is 2.29. The zero-order chi connectivity index (χ0) is 11.8. The van der Waals surface area contributed by atoms with Crippen molar-refractivity contribution in [1.29, 1.82) is 0 Å². The van der Waals surface area contributed by atoms with Crippen LogP contribution in [0.4, 0.5) is 11.4 Å². The third-order valence-electron chi connectivity index (χ3n) is 3.80. The van der Waals surface area contributed by atoms with E-state index in [0.717, 1.165) is 8.97 Å². The molecular formula is C14H24I2N2. The van der Waals surface area contributed by atoms with Gasteiger partial charge in [0.05, 0.1) is 41.3 Å². The van der Waals surface area contributed by atoms with Crippen molar-refractivity contribution >= 4 is 11.4 Å². The summed E-state index contributed by atoms with van der Waals surface area (Å²) in [4.78, 5) is 0. The maximum absolute atomic E-state index is 2.36. The van der Waals surface area contributed by atoms with Gasteiger partial charge in [-0.1, -0.05) is 0 Å². The summed E-state index contributed by atoms with van der Waals surface area (Å²) in [6, 6.07) is 9.17. The Morgan fingerprint density at radius 2 is 1.33 bits per heavy atom. The average Bonchev–Trinajstić information content (AvgIpc) is 2.66. The minimum Gasteiger partial charge on any atom is -1.00 e. The topological polar surface area (TPSA) is 0 Å². The smallest absolute Gasteiger partial charge is 0.133 e. The summed E-state index contributed by atoms with van der Waals surface area (Å²) in [5.41, 5.74) is 2.84. The van der Waals surface area contributed by atoms with E-state index < -0.39 is 0 Å². The van der Waals surface area contributed by atoms with Crippen LogP contribution in [0.3, 0.4) is 0 Å². The number of halogens is 2. The summed E-state index contributed by atoms with van der Waals surface area (Å²) in [6.45, 7) is 2.59.